The molecule has 0 saturated carbocycles. The highest BCUT2D eigenvalue weighted by Gasteiger charge is 2.08. The maximum atomic E-state index is 12.1. The zero-order valence-electron chi connectivity index (χ0n) is 14.7. The second-order valence-electron chi connectivity index (χ2n) is 5.46. The Morgan fingerprint density at radius 1 is 1.08 bits per heavy atom. The second kappa shape index (κ2) is 8.73. The standard InChI is InChI=1S/C19H23N3O3/c1-4-25-18-8-6-5-7-17(18)21-19(24)13-20-15-9-11-16(12-10-15)22(3)14(2)23/h5-12,20H,4,13H2,1-3H3,(H,21,24). The molecule has 132 valence electrons. The van der Waals surface area contributed by atoms with E-state index in [4.69, 9.17) is 4.74 Å². The van der Waals surface area contributed by atoms with Gasteiger partial charge in [-0.05, 0) is 43.3 Å². The van der Waals surface area contributed by atoms with Crippen LogP contribution in [-0.4, -0.2) is 32.0 Å². The van der Waals surface area contributed by atoms with Crippen LogP contribution in [0, 0.1) is 0 Å². The molecule has 2 aromatic carbocycles. The van der Waals surface area contributed by atoms with Crippen molar-refractivity contribution in [1.82, 2.24) is 0 Å². The van der Waals surface area contributed by atoms with Crippen molar-refractivity contribution < 1.29 is 14.3 Å². The van der Waals surface area contributed by atoms with E-state index in [-0.39, 0.29) is 18.4 Å². The van der Waals surface area contributed by atoms with Gasteiger partial charge in [0.1, 0.15) is 5.75 Å². The Morgan fingerprint density at radius 2 is 1.76 bits per heavy atom. The highest BCUT2D eigenvalue weighted by molar-refractivity contribution is 5.95. The first-order chi connectivity index (χ1) is 12.0. The van der Waals surface area contributed by atoms with Crippen LogP contribution in [0.15, 0.2) is 48.5 Å². The number of para-hydroxylation sites is 2. The third-order valence-electron chi connectivity index (χ3n) is 3.64. The molecule has 6 heteroatoms. The first kappa shape index (κ1) is 18.3. The molecule has 0 aliphatic carbocycles. The highest BCUT2D eigenvalue weighted by Crippen LogP contribution is 2.23. The Morgan fingerprint density at radius 3 is 2.40 bits per heavy atom. The number of rotatable bonds is 7. The van der Waals surface area contributed by atoms with E-state index < -0.39 is 0 Å². The number of ether oxygens (including phenoxy) is 1. The number of anilines is 3. The van der Waals surface area contributed by atoms with E-state index in [1.54, 1.807) is 18.0 Å². The van der Waals surface area contributed by atoms with Gasteiger partial charge in [0.2, 0.25) is 11.8 Å². The van der Waals surface area contributed by atoms with Crippen molar-refractivity contribution >= 4 is 28.9 Å². The first-order valence-electron chi connectivity index (χ1n) is 8.11. The fourth-order valence-electron chi connectivity index (χ4n) is 2.21. The molecule has 0 unspecified atom stereocenters. The first-order valence-corrected chi connectivity index (χ1v) is 8.11. The van der Waals surface area contributed by atoms with Gasteiger partial charge in [-0.1, -0.05) is 12.1 Å². The van der Waals surface area contributed by atoms with E-state index in [0.29, 0.717) is 18.0 Å². The summed E-state index contributed by atoms with van der Waals surface area (Å²) >= 11 is 0. The molecule has 0 saturated heterocycles. The van der Waals surface area contributed by atoms with Gasteiger partial charge in [-0.25, -0.2) is 0 Å². The van der Waals surface area contributed by atoms with Crippen molar-refractivity contribution in [3.63, 3.8) is 0 Å². The van der Waals surface area contributed by atoms with Crippen LogP contribution in [0.1, 0.15) is 13.8 Å². The zero-order valence-corrected chi connectivity index (χ0v) is 14.7. The SMILES string of the molecule is CCOc1ccccc1NC(=O)CNc1ccc(N(C)C(C)=O)cc1. The molecule has 0 atom stereocenters. The van der Waals surface area contributed by atoms with Crippen LogP contribution in [0.25, 0.3) is 0 Å². The van der Waals surface area contributed by atoms with Crippen molar-refractivity contribution in [1.29, 1.82) is 0 Å². The third-order valence-corrected chi connectivity index (χ3v) is 3.64. The van der Waals surface area contributed by atoms with Gasteiger partial charge in [-0.15, -0.1) is 0 Å². The van der Waals surface area contributed by atoms with Crippen molar-refractivity contribution in [3.05, 3.63) is 48.5 Å². The lowest BCUT2D eigenvalue weighted by Crippen LogP contribution is -2.23. The molecule has 0 aliphatic heterocycles. The summed E-state index contributed by atoms with van der Waals surface area (Å²) < 4.78 is 5.49. The molecule has 0 heterocycles. The zero-order chi connectivity index (χ0) is 18.2. The summed E-state index contributed by atoms with van der Waals surface area (Å²) in [5.41, 5.74) is 2.25. The number of nitrogens with zero attached hydrogens (tertiary/aromatic N) is 1. The van der Waals surface area contributed by atoms with Crippen molar-refractivity contribution in [2.24, 2.45) is 0 Å². The van der Waals surface area contributed by atoms with E-state index in [0.717, 1.165) is 11.4 Å². The van der Waals surface area contributed by atoms with Crippen LogP contribution < -0.4 is 20.3 Å². The average molecular weight is 341 g/mol. The van der Waals surface area contributed by atoms with E-state index in [2.05, 4.69) is 10.6 Å². The molecule has 2 rings (SSSR count). The maximum Gasteiger partial charge on any atom is 0.243 e. The number of hydrogen-bond acceptors (Lipinski definition) is 4. The number of hydrogen-bond donors (Lipinski definition) is 2. The number of carbonyl (C=O) groups is 2. The van der Waals surface area contributed by atoms with Crippen molar-refractivity contribution in [3.8, 4) is 5.75 Å². The molecule has 2 aromatic rings. The van der Waals surface area contributed by atoms with Gasteiger partial charge in [0, 0.05) is 25.3 Å². The summed E-state index contributed by atoms with van der Waals surface area (Å²) in [4.78, 5) is 25.0. The summed E-state index contributed by atoms with van der Waals surface area (Å²) in [6.07, 6.45) is 0. The second-order valence-corrected chi connectivity index (χ2v) is 5.46. The lowest BCUT2D eigenvalue weighted by molar-refractivity contribution is -0.116. The molecular weight excluding hydrogens is 318 g/mol. The van der Waals surface area contributed by atoms with Gasteiger partial charge >= 0.3 is 0 Å². The minimum absolute atomic E-state index is 0.0342. The van der Waals surface area contributed by atoms with E-state index in [1.165, 1.54) is 6.92 Å². The van der Waals surface area contributed by atoms with Gasteiger partial charge in [0.15, 0.2) is 0 Å². The predicted molar refractivity (Wildman–Crippen MR) is 100 cm³/mol. The average Bonchev–Trinajstić information content (AvgIpc) is 2.61. The molecule has 2 amide bonds. The number of carbonyl (C=O) groups excluding carboxylic acids is 2. The Bertz CT molecular complexity index is 729. The lowest BCUT2D eigenvalue weighted by Gasteiger charge is -2.15. The summed E-state index contributed by atoms with van der Waals surface area (Å²) in [6.45, 7) is 4.07. The fraction of sp³-hybridized carbons (Fsp3) is 0.263. The molecular formula is C19H23N3O3. The van der Waals surface area contributed by atoms with E-state index in [9.17, 15) is 9.59 Å². The molecule has 2 N–H and O–H groups in total. The topological polar surface area (TPSA) is 70.7 Å². The van der Waals surface area contributed by atoms with Crippen molar-refractivity contribution in [2.45, 2.75) is 13.8 Å². The van der Waals surface area contributed by atoms with Crippen LogP contribution in [0.5, 0.6) is 5.75 Å². The smallest absolute Gasteiger partial charge is 0.243 e. The molecule has 0 bridgehead atoms. The van der Waals surface area contributed by atoms with Crippen LogP contribution in [-0.2, 0) is 9.59 Å². The van der Waals surface area contributed by atoms with Crippen LogP contribution >= 0.6 is 0 Å². The largest absolute Gasteiger partial charge is 0.492 e. The summed E-state index contributed by atoms with van der Waals surface area (Å²) in [6, 6.07) is 14.6. The lowest BCUT2D eigenvalue weighted by atomic mass is 10.2. The summed E-state index contributed by atoms with van der Waals surface area (Å²) in [5, 5.41) is 5.89. The molecule has 0 aromatic heterocycles. The number of amides is 2. The van der Waals surface area contributed by atoms with Crippen LogP contribution in [0.3, 0.4) is 0 Å². The molecule has 0 spiro atoms. The molecule has 25 heavy (non-hydrogen) atoms. The highest BCUT2D eigenvalue weighted by atomic mass is 16.5. The normalized spacial score (nSPS) is 10.0. The molecule has 0 fully saturated rings. The molecule has 0 radical (unpaired) electrons. The van der Waals surface area contributed by atoms with E-state index >= 15 is 0 Å². The van der Waals surface area contributed by atoms with Gasteiger partial charge in [-0.3, -0.25) is 9.59 Å². The Labute approximate surface area is 147 Å². The summed E-state index contributed by atoms with van der Waals surface area (Å²) in [5.74, 6) is 0.445. The van der Waals surface area contributed by atoms with Gasteiger partial charge in [0.25, 0.3) is 0 Å². The minimum atomic E-state index is -0.169. The fourth-order valence-corrected chi connectivity index (χ4v) is 2.21. The Balaban J connectivity index is 1.91. The quantitative estimate of drug-likeness (QED) is 0.812. The molecule has 0 aliphatic rings. The van der Waals surface area contributed by atoms with Gasteiger partial charge in [0.05, 0.1) is 18.8 Å². The molecule has 6 nitrogen and oxygen atoms in total. The van der Waals surface area contributed by atoms with Crippen LogP contribution in [0.4, 0.5) is 17.1 Å². The number of benzene rings is 2. The van der Waals surface area contributed by atoms with Gasteiger partial charge in [-0.2, -0.15) is 0 Å². The summed E-state index contributed by atoms with van der Waals surface area (Å²) in [7, 11) is 1.72. The number of nitrogens with one attached hydrogen (secondary N) is 2. The van der Waals surface area contributed by atoms with Gasteiger partial charge < -0.3 is 20.3 Å². The van der Waals surface area contributed by atoms with Crippen LogP contribution in [0.2, 0.25) is 0 Å². The maximum absolute atomic E-state index is 12.1. The van der Waals surface area contributed by atoms with E-state index in [1.807, 2.05) is 49.4 Å². The van der Waals surface area contributed by atoms with Crippen molar-refractivity contribution in [2.75, 3.05) is 35.7 Å². The third kappa shape index (κ3) is 5.24. The Hall–Kier alpha value is -3.02. The predicted octanol–water partition coefficient (Wildman–Crippen LogP) is 3.12. The minimum Gasteiger partial charge on any atom is -0.492 e. The monoisotopic (exact) mass is 341 g/mol. The Kier molecular flexibility index (Phi) is 6.39.